The predicted octanol–water partition coefficient (Wildman–Crippen LogP) is 2.68. The van der Waals surface area contributed by atoms with Gasteiger partial charge in [0.15, 0.2) is 0 Å². The lowest BCUT2D eigenvalue weighted by Gasteiger charge is -2.36. The summed E-state index contributed by atoms with van der Waals surface area (Å²) in [6, 6.07) is 5.51. The fourth-order valence-electron chi connectivity index (χ4n) is 2.79. The van der Waals surface area contributed by atoms with E-state index in [0.717, 1.165) is 42.3 Å². The van der Waals surface area contributed by atoms with Gasteiger partial charge in [0.25, 0.3) is 0 Å². The van der Waals surface area contributed by atoms with E-state index in [-0.39, 0.29) is 0 Å². The monoisotopic (exact) mass is 338 g/mol. The van der Waals surface area contributed by atoms with Crippen LogP contribution in [0, 0.1) is 5.92 Å². The summed E-state index contributed by atoms with van der Waals surface area (Å²) in [5.74, 6) is 0.0607. The largest absolute Gasteiger partial charge is 0.478 e. The number of anilines is 1. The molecular formula is C15H19BrN2O2. The number of nitrogens with zero attached hydrogens (tertiary/aromatic N) is 2. The van der Waals surface area contributed by atoms with Crippen LogP contribution >= 0.6 is 15.9 Å². The van der Waals surface area contributed by atoms with E-state index in [9.17, 15) is 9.90 Å². The van der Waals surface area contributed by atoms with Gasteiger partial charge in [-0.2, -0.15) is 0 Å². The molecule has 2 fully saturated rings. The Kier molecular flexibility index (Phi) is 3.98. The van der Waals surface area contributed by atoms with E-state index in [2.05, 4.69) is 25.7 Å². The molecule has 1 aliphatic carbocycles. The standard InChI is InChI=1S/C15H19BrN2O2/c16-12-3-4-14(13(9-12)15(19)20)18-7-5-17(6-8-18)10-11-1-2-11/h3-4,9,11H,1-2,5-8,10H2,(H,19,20). The Bertz CT molecular complexity index is 509. The highest BCUT2D eigenvalue weighted by atomic mass is 79.9. The molecule has 108 valence electrons. The molecule has 0 unspecified atom stereocenters. The lowest BCUT2D eigenvalue weighted by molar-refractivity contribution is 0.0697. The first kappa shape index (κ1) is 13.9. The Morgan fingerprint density at radius 3 is 2.55 bits per heavy atom. The van der Waals surface area contributed by atoms with Crippen molar-refractivity contribution in [1.29, 1.82) is 0 Å². The molecule has 20 heavy (non-hydrogen) atoms. The van der Waals surface area contributed by atoms with E-state index in [0.29, 0.717) is 5.56 Å². The van der Waals surface area contributed by atoms with Gasteiger partial charge in [-0.05, 0) is 37.0 Å². The van der Waals surface area contributed by atoms with Gasteiger partial charge in [-0.1, -0.05) is 15.9 Å². The summed E-state index contributed by atoms with van der Waals surface area (Å²) < 4.78 is 0.811. The molecule has 0 amide bonds. The zero-order valence-electron chi connectivity index (χ0n) is 11.4. The van der Waals surface area contributed by atoms with Crippen LogP contribution in [0.4, 0.5) is 5.69 Å². The number of halogens is 1. The van der Waals surface area contributed by atoms with Crippen LogP contribution < -0.4 is 4.90 Å². The van der Waals surface area contributed by atoms with E-state index in [1.807, 2.05) is 12.1 Å². The second-order valence-electron chi connectivity index (χ2n) is 5.70. The number of rotatable bonds is 4. The molecule has 1 heterocycles. The normalized spacial score (nSPS) is 20.1. The second-order valence-corrected chi connectivity index (χ2v) is 6.61. The van der Waals surface area contributed by atoms with E-state index in [4.69, 9.17) is 0 Å². The Balaban J connectivity index is 1.69. The van der Waals surface area contributed by atoms with Crippen molar-refractivity contribution in [2.75, 3.05) is 37.6 Å². The Morgan fingerprint density at radius 2 is 1.95 bits per heavy atom. The molecule has 1 aliphatic heterocycles. The van der Waals surface area contributed by atoms with Crippen LogP contribution in [-0.2, 0) is 0 Å². The van der Waals surface area contributed by atoms with Gasteiger partial charge in [0, 0.05) is 37.2 Å². The van der Waals surface area contributed by atoms with E-state index in [1.54, 1.807) is 6.07 Å². The summed E-state index contributed by atoms with van der Waals surface area (Å²) >= 11 is 3.34. The van der Waals surface area contributed by atoms with Crippen LogP contribution in [0.5, 0.6) is 0 Å². The molecule has 0 radical (unpaired) electrons. The number of aromatic carboxylic acids is 1. The van der Waals surface area contributed by atoms with Crippen LogP contribution in [0.2, 0.25) is 0 Å². The fourth-order valence-corrected chi connectivity index (χ4v) is 3.15. The van der Waals surface area contributed by atoms with Crippen LogP contribution in [0.1, 0.15) is 23.2 Å². The third kappa shape index (κ3) is 3.15. The maximum atomic E-state index is 11.4. The minimum absolute atomic E-state index is 0.384. The number of carboxylic acid groups (broad SMARTS) is 1. The van der Waals surface area contributed by atoms with Crippen molar-refractivity contribution >= 4 is 27.6 Å². The quantitative estimate of drug-likeness (QED) is 0.916. The van der Waals surface area contributed by atoms with Crippen LogP contribution in [0.3, 0.4) is 0 Å². The minimum Gasteiger partial charge on any atom is -0.478 e. The summed E-state index contributed by atoms with van der Waals surface area (Å²) in [4.78, 5) is 16.1. The van der Waals surface area contributed by atoms with Gasteiger partial charge >= 0.3 is 5.97 Å². The lowest BCUT2D eigenvalue weighted by Crippen LogP contribution is -2.47. The molecule has 4 nitrogen and oxygen atoms in total. The molecule has 5 heteroatoms. The van der Waals surface area contributed by atoms with Crippen molar-refractivity contribution in [2.45, 2.75) is 12.8 Å². The van der Waals surface area contributed by atoms with Crippen molar-refractivity contribution in [2.24, 2.45) is 5.92 Å². The van der Waals surface area contributed by atoms with Crippen molar-refractivity contribution in [3.05, 3.63) is 28.2 Å². The van der Waals surface area contributed by atoms with E-state index >= 15 is 0 Å². The average Bonchev–Trinajstić information content (AvgIpc) is 3.24. The zero-order valence-corrected chi connectivity index (χ0v) is 13.0. The van der Waals surface area contributed by atoms with Gasteiger partial charge in [0.2, 0.25) is 0 Å². The Hall–Kier alpha value is -1.07. The van der Waals surface area contributed by atoms with Crippen LogP contribution in [0.25, 0.3) is 0 Å². The summed E-state index contributed by atoms with van der Waals surface area (Å²) in [6.07, 6.45) is 2.77. The minimum atomic E-state index is -0.860. The summed E-state index contributed by atoms with van der Waals surface area (Å²) in [6.45, 7) is 5.11. The average molecular weight is 339 g/mol. The number of carbonyl (C=O) groups is 1. The van der Waals surface area contributed by atoms with Crippen molar-refractivity contribution < 1.29 is 9.90 Å². The molecule has 1 N–H and O–H groups in total. The summed E-state index contributed by atoms with van der Waals surface area (Å²) in [5, 5.41) is 9.34. The van der Waals surface area contributed by atoms with Gasteiger partial charge in [-0.15, -0.1) is 0 Å². The lowest BCUT2D eigenvalue weighted by atomic mass is 10.1. The van der Waals surface area contributed by atoms with Crippen molar-refractivity contribution in [3.63, 3.8) is 0 Å². The molecule has 2 aliphatic rings. The smallest absolute Gasteiger partial charge is 0.337 e. The molecular weight excluding hydrogens is 320 g/mol. The topological polar surface area (TPSA) is 43.8 Å². The highest BCUT2D eigenvalue weighted by Crippen LogP contribution is 2.31. The van der Waals surface area contributed by atoms with Crippen LogP contribution in [-0.4, -0.2) is 48.7 Å². The maximum Gasteiger partial charge on any atom is 0.337 e. The first-order chi connectivity index (χ1) is 9.63. The molecule has 1 saturated carbocycles. The first-order valence-electron chi connectivity index (χ1n) is 7.13. The number of benzene rings is 1. The molecule has 0 spiro atoms. The number of piperazine rings is 1. The summed E-state index contributed by atoms with van der Waals surface area (Å²) in [5.41, 5.74) is 1.22. The first-order valence-corrected chi connectivity index (χ1v) is 7.93. The molecule has 0 aromatic heterocycles. The van der Waals surface area contributed by atoms with Gasteiger partial charge in [0.05, 0.1) is 11.3 Å². The fraction of sp³-hybridized carbons (Fsp3) is 0.533. The van der Waals surface area contributed by atoms with Gasteiger partial charge in [-0.25, -0.2) is 4.79 Å². The van der Waals surface area contributed by atoms with Gasteiger partial charge in [-0.3, -0.25) is 4.90 Å². The van der Waals surface area contributed by atoms with Crippen molar-refractivity contribution in [1.82, 2.24) is 4.90 Å². The predicted molar refractivity (Wildman–Crippen MR) is 82.5 cm³/mol. The zero-order chi connectivity index (χ0) is 14.1. The third-order valence-corrected chi connectivity index (χ3v) is 4.61. The second kappa shape index (κ2) is 5.74. The highest BCUT2D eigenvalue weighted by molar-refractivity contribution is 9.10. The number of hydrogen-bond donors (Lipinski definition) is 1. The van der Waals surface area contributed by atoms with Crippen molar-refractivity contribution in [3.8, 4) is 0 Å². The third-order valence-electron chi connectivity index (χ3n) is 4.12. The van der Waals surface area contributed by atoms with Gasteiger partial charge in [0.1, 0.15) is 0 Å². The summed E-state index contributed by atoms with van der Waals surface area (Å²) in [7, 11) is 0. The molecule has 1 saturated heterocycles. The van der Waals surface area contributed by atoms with Gasteiger partial charge < -0.3 is 10.0 Å². The van der Waals surface area contributed by atoms with Crippen LogP contribution in [0.15, 0.2) is 22.7 Å². The Morgan fingerprint density at radius 1 is 1.25 bits per heavy atom. The molecule has 0 atom stereocenters. The molecule has 0 bridgehead atoms. The molecule has 1 aromatic carbocycles. The maximum absolute atomic E-state index is 11.4. The highest BCUT2D eigenvalue weighted by Gasteiger charge is 2.27. The number of carboxylic acids is 1. The number of hydrogen-bond acceptors (Lipinski definition) is 3. The van der Waals surface area contributed by atoms with E-state index in [1.165, 1.54) is 19.4 Å². The van der Waals surface area contributed by atoms with E-state index < -0.39 is 5.97 Å². The molecule has 3 rings (SSSR count). The Labute approximate surface area is 127 Å². The SMILES string of the molecule is O=C(O)c1cc(Br)ccc1N1CCN(CC2CC2)CC1. The molecule has 1 aromatic rings.